The number of fused-ring (bicyclic) bond motifs is 1. The van der Waals surface area contributed by atoms with Crippen LogP contribution < -0.4 is 15.4 Å². The molecule has 140 valence electrons. The van der Waals surface area contributed by atoms with Gasteiger partial charge in [-0.05, 0) is 61.0 Å². The van der Waals surface area contributed by atoms with Crippen LogP contribution in [0.3, 0.4) is 0 Å². The van der Waals surface area contributed by atoms with Crippen molar-refractivity contribution in [2.75, 3.05) is 17.7 Å². The Hall–Kier alpha value is -3.80. The van der Waals surface area contributed by atoms with Gasteiger partial charge in [-0.1, -0.05) is 12.1 Å². The van der Waals surface area contributed by atoms with Crippen molar-refractivity contribution in [1.29, 1.82) is 0 Å². The number of anilines is 2. The van der Waals surface area contributed by atoms with Gasteiger partial charge in [0.05, 0.1) is 12.8 Å². The highest BCUT2D eigenvalue weighted by atomic mass is 16.5. The molecule has 2 aromatic heterocycles. The molecule has 0 atom stereocenters. The molecule has 0 unspecified atom stereocenters. The zero-order chi connectivity index (χ0) is 19.5. The summed E-state index contributed by atoms with van der Waals surface area (Å²) in [5.74, 6) is 0.737. The maximum atomic E-state index is 12.3. The number of hydrogen-bond donors (Lipinski definition) is 2. The molecule has 6 heteroatoms. The third-order valence-corrected chi connectivity index (χ3v) is 4.38. The second-order valence-electron chi connectivity index (χ2n) is 6.48. The van der Waals surface area contributed by atoms with Crippen LogP contribution in [0.5, 0.6) is 5.75 Å². The number of aryl methyl sites for hydroxylation is 1. The van der Waals surface area contributed by atoms with Crippen molar-refractivity contribution in [3.05, 3.63) is 78.6 Å². The van der Waals surface area contributed by atoms with Crippen LogP contribution in [0.4, 0.5) is 16.2 Å². The molecule has 2 amide bonds. The maximum Gasteiger partial charge on any atom is 0.323 e. The lowest BCUT2D eigenvalue weighted by atomic mass is 10.1. The molecule has 0 fully saturated rings. The molecule has 4 aromatic rings. The van der Waals surface area contributed by atoms with E-state index < -0.39 is 0 Å². The van der Waals surface area contributed by atoms with E-state index in [1.54, 1.807) is 31.4 Å². The smallest absolute Gasteiger partial charge is 0.323 e. The van der Waals surface area contributed by atoms with Crippen molar-refractivity contribution in [3.63, 3.8) is 0 Å². The van der Waals surface area contributed by atoms with Gasteiger partial charge in [0, 0.05) is 29.3 Å². The van der Waals surface area contributed by atoms with Gasteiger partial charge in [-0.15, -0.1) is 0 Å². The Morgan fingerprint density at radius 2 is 1.79 bits per heavy atom. The number of carbonyl (C=O) groups excluding carboxylic acids is 1. The van der Waals surface area contributed by atoms with Crippen molar-refractivity contribution in [1.82, 2.24) is 9.38 Å². The van der Waals surface area contributed by atoms with Crippen molar-refractivity contribution in [2.24, 2.45) is 0 Å². The predicted octanol–water partition coefficient (Wildman–Crippen LogP) is 4.96. The molecule has 0 aliphatic heterocycles. The third kappa shape index (κ3) is 3.81. The summed E-state index contributed by atoms with van der Waals surface area (Å²) in [6.07, 6.45) is 3.97. The minimum Gasteiger partial charge on any atom is -0.497 e. The average molecular weight is 372 g/mol. The van der Waals surface area contributed by atoms with Gasteiger partial charge < -0.3 is 19.8 Å². The summed E-state index contributed by atoms with van der Waals surface area (Å²) in [5, 5.41) is 5.66. The minimum atomic E-state index is -0.312. The molecule has 28 heavy (non-hydrogen) atoms. The number of aromatic nitrogens is 2. The van der Waals surface area contributed by atoms with Gasteiger partial charge in [0.15, 0.2) is 0 Å². The van der Waals surface area contributed by atoms with E-state index in [1.807, 2.05) is 60.1 Å². The van der Waals surface area contributed by atoms with E-state index >= 15 is 0 Å². The fraction of sp³-hybridized carbons (Fsp3) is 0.0909. The van der Waals surface area contributed by atoms with E-state index in [1.165, 1.54) is 0 Å². The molecule has 0 aliphatic rings. The highest BCUT2D eigenvalue weighted by Crippen LogP contribution is 2.23. The summed E-state index contributed by atoms with van der Waals surface area (Å²) in [4.78, 5) is 17.0. The first-order valence-corrected chi connectivity index (χ1v) is 8.88. The zero-order valence-electron chi connectivity index (χ0n) is 15.6. The molecule has 0 spiro atoms. The summed E-state index contributed by atoms with van der Waals surface area (Å²) >= 11 is 0. The summed E-state index contributed by atoms with van der Waals surface area (Å²) < 4.78 is 7.10. The number of carbonyl (C=O) groups is 1. The van der Waals surface area contributed by atoms with E-state index in [4.69, 9.17) is 4.74 Å². The normalized spacial score (nSPS) is 10.6. The number of amides is 2. The van der Waals surface area contributed by atoms with Gasteiger partial charge in [-0.3, -0.25) is 0 Å². The summed E-state index contributed by atoms with van der Waals surface area (Å²) in [6.45, 7) is 2.04. The zero-order valence-corrected chi connectivity index (χ0v) is 15.6. The van der Waals surface area contributed by atoms with Gasteiger partial charge in [-0.2, -0.15) is 0 Å². The SMILES string of the molecule is COc1ccc(NC(=O)Nc2cccc(-c3cn4ccc(C)cc4n3)c2)cc1. The van der Waals surface area contributed by atoms with Crippen molar-refractivity contribution < 1.29 is 9.53 Å². The number of imidazole rings is 1. The Morgan fingerprint density at radius 1 is 1.00 bits per heavy atom. The van der Waals surface area contributed by atoms with Crippen molar-refractivity contribution >= 4 is 23.1 Å². The van der Waals surface area contributed by atoms with E-state index in [2.05, 4.69) is 15.6 Å². The molecule has 6 nitrogen and oxygen atoms in total. The van der Waals surface area contributed by atoms with Crippen LogP contribution >= 0.6 is 0 Å². The molecule has 0 aliphatic carbocycles. The number of nitrogens with zero attached hydrogens (tertiary/aromatic N) is 2. The number of benzene rings is 2. The van der Waals surface area contributed by atoms with Crippen LogP contribution in [0.1, 0.15) is 5.56 Å². The fourth-order valence-corrected chi connectivity index (χ4v) is 2.95. The third-order valence-electron chi connectivity index (χ3n) is 4.38. The predicted molar refractivity (Wildman–Crippen MR) is 111 cm³/mol. The molecule has 2 aromatic carbocycles. The Balaban J connectivity index is 1.50. The van der Waals surface area contributed by atoms with E-state index in [9.17, 15) is 4.79 Å². The lowest BCUT2D eigenvalue weighted by Gasteiger charge is -2.09. The first-order valence-electron chi connectivity index (χ1n) is 8.88. The molecule has 0 radical (unpaired) electrons. The quantitative estimate of drug-likeness (QED) is 0.532. The molecule has 0 saturated carbocycles. The van der Waals surface area contributed by atoms with Crippen LogP contribution in [0.25, 0.3) is 16.9 Å². The number of ether oxygens (including phenoxy) is 1. The van der Waals surface area contributed by atoms with Gasteiger partial charge in [0.1, 0.15) is 11.4 Å². The molecular weight excluding hydrogens is 352 g/mol. The van der Waals surface area contributed by atoms with Crippen molar-refractivity contribution in [3.8, 4) is 17.0 Å². The lowest BCUT2D eigenvalue weighted by molar-refractivity contribution is 0.262. The molecule has 4 rings (SSSR count). The monoisotopic (exact) mass is 372 g/mol. The number of pyridine rings is 1. The summed E-state index contributed by atoms with van der Waals surface area (Å²) in [5.41, 5.74) is 5.22. The largest absolute Gasteiger partial charge is 0.497 e. The Kier molecular flexibility index (Phi) is 4.68. The van der Waals surface area contributed by atoms with Crippen LogP contribution in [-0.4, -0.2) is 22.5 Å². The Labute approximate surface area is 162 Å². The highest BCUT2D eigenvalue weighted by Gasteiger charge is 2.08. The molecule has 0 bridgehead atoms. The van der Waals surface area contributed by atoms with Crippen LogP contribution in [-0.2, 0) is 0 Å². The standard InChI is InChI=1S/C22H20N4O2/c1-15-10-11-26-14-20(25-21(26)12-15)16-4-3-5-18(13-16)24-22(27)23-17-6-8-19(28-2)9-7-17/h3-14H,1-2H3,(H2,23,24,27). The summed E-state index contributed by atoms with van der Waals surface area (Å²) in [6, 6.07) is 18.5. The fourth-order valence-electron chi connectivity index (χ4n) is 2.95. The minimum absolute atomic E-state index is 0.312. The van der Waals surface area contributed by atoms with Gasteiger partial charge in [-0.25, -0.2) is 9.78 Å². The van der Waals surface area contributed by atoms with Crippen molar-refractivity contribution in [2.45, 2.75) is 6.92 Å². The highest BCUT2D eigenvalue weighted by molar-refractivity contribution is 6.00. The number of urea groups is 1. The van der Waals surface area contributed by atoms with E-state index in [0.717, 1.165) is 28.2 Å². The average Bonchev–Trinajstić information content (AvgIpc) is 3.12. The molecule has 2 heterocycles. The number of nitrogens with one attached hydrogen (secondary N) is 2. The topological polar surface area (TPSA) is 67.7 Å². The second kappa shape index (κ2) is 7.44. The van der Waals surface area contributed by atoms with Gasteiger partial charge in [0.2, 0.25) is 0 Å². The van der Waals surface area contributed by atoms with Crippen LogP contribution in [0, 0.1) is 6.92 Å². The molecule has 2 N–H and O–H groups in total. The maximum absolute atomic E-state index is 12.3. The van der Waals surface area contributed by atoms with Crippen LogP contribution in [0.2, 0.25) is 0 Å². The van der Waals surface area contributed by atoms with E-state index in [-0.39, 0.29) is 6.03 Å². The Morgan fingerprint density at radius 3 is 2.57 bits per heavy atom. The molecule has 0 saturated heterocycles. The van der Waals surface area contributed by atoms with Crippen LogP contribution in [0.15, 0.2) is 73.1 Å². The Bertz CT molecular complexity index is 1130. The van der Waals surface area contributed by atoms with Gasteiger partial charge in [0.25, 0.3) is 0 Å². The second-order valence-corrected chi connectivity index (χ2v) is 6.48. The number of rotatable bonds is 4. The summed E-state index contributed by atoms with van der Waals surface area (Å²) in [7, 11) is 1.60. The molecular formula is C22H20N4O2. The number of hydrogen-bond acceptors (Lipinski definition) is 3. The van der Waals surface area contributed by atoms with Gasteiger partial charge >= 0.3 is 6.03 Å². The lowest BCUT2D eigenvalue weighted by Crippen LogP contribution is -2.19. The number of methoxy groups -OCH3 is 1. The first kappa shape index (κ1) is 17.6. The van der Waals surface area contributed by atoms with E-state index in [0.29, 0.717) is 11.4 Å². The first-order chi connectivity index (χ1) is 13.6.